The molecule has 2 fully saturated rings. The van der Waals surface area contributed by atoms with Crippen molar-refractivity contribution in [3.8, 4) is 0 Å². The second-order valence-corrected chi connectivity index (χ2v) is 6.33. The van der Waals surface area contributed by atoms with E-state index >= 15 is 0 Å². The summed E-state index contributed by atoms with van der Waals surface area (Å²) in [4.78, 5) is 14.1. The molecule has 7 nitrogen and oxygen atoms in total. The van der Waals surface area contributed by atoms with E-state index in [2.05, 4.69) is 10.00 Å². The number of hydrogen-bond donors (Lipinski definition) is 0. The molecular formula is C16H25N3O4. The van der Waals surface area contributed by atoms with Crippen LogP contribution in [0.4, 0.5) is 0 Å². The molecule has 3 rings (SSSR count). The van der Waals surface area contributed by atoms with E-state index in [-0.39, 0.29) is 17.3 Å². The van der Waals surface area contributed by atoms with Crippen molar-refractivity contribution in [1.29, 1.82) is 0 Å². The Morgan fingerprint density at radius 2 is 2.43 bits per heavy atom. The Labute approximate surface area is 136 Å². The van der Waals surface area contributed by atoms with Crippen LogP contribution in [0.15, 0.2) is 23.1 Å². The molecule has 2 saturated heterocycles. The standard InChI is InChI=1S/C16H25N3O4/c1-21-9-7-18-8-10-22-13-16(12-18)5-4-14(23-16)11-19-15(20)3-2-6-17-19/h2-3,6,14H,4-5,7-13H2,1H3/t14-,16+/m1/s1. The maximum atomic E-state index is 11.8. The number of hydrogen-bond acceptors (Lipinski definition) is 6. The minimum Gasteiger partial charge on any atom is -0.383 e. The molecule has 0 bridgehead atoms. The molecule has 3 heterocycles. The smallest absolute Gasteiger partial charge is 0.266 e. The van der Waals surface area contributed by atoms with Gasteiger partial charge in [-0.2, -0.15) is 5.10 Å². The Morgan fingerprint density at radius 1 is 1.52 bits per heavy atom. The van der Waals surface area contributed by atoms with Crippen molar-refractivity contribution in [1.82, 2.24) is 14.7 Å². The number of methoxy groups -OCH3 is 1. The molecule has 0 aromatic carbocycles. The summed E-state index contributed by atoms with van der Waals surface area (Å²) in [7, 11) is 1.72. The Balaban J connectivity index is 1.62. The average molecular weight is 323 g/mol. The molecule has 0 amide bonds. The largest absolute Gasteiger partial charge is 0.383 e. The topological polar surface area (TPSA) is 65.8 Å². The van der Waals surface area contributed by atoms with E-state index in [1.807, 2.05) is 0 Å². The van der Waals surface area contributed by atoms with E-state index in [1.165, 1.54) is 10.7 Å². The quantitative estimate of drug-likeness (QED) is 0.768. The van der Waals surface area contributed by atoms with Crippen molar-refractivity contribution in [2.24, 2.45) is 0 Å². The third-order valence-corrected chi connectivity index (χ3v) is 4.54. The Kier molecular flexibility index (Phi) is 5.42. The van der Waals surface area contributed by atoms with Crippen LogP contribution in [0.1, 0.15) is 12.8 Å². The van der Waals surface area contributed by atoms with Gasteiger partial charge in [-0.15, -0.1) is 0 Å². The van der Waals surface area contributed by atoms with E-state index < -0.39 is 0 Å². The van der Waals surface area contributed by atoms with Gasteiger partial charge < -0.3 is 14.2 Å². The fourth-order valence-corrected chi connectivity index (χ4v) is 3.36. The van der Waals surface area contributed by atoms with Gasteiger partial charge in [0.15, 0.2) is 0 Å². The summed E-state index contributed by atoms with van der Waals surface area (Å²) in [5, 5.41) is 4.12. The second kappa shape index (κ2) is 7.53. The minimum absolute atomic E-state index is 0.00794. The van der Waals surface area contributed by atoms with Crippen molar-refractivity contribution in [2.45, 2.75) is 31.1 Å². The van der Waals surface area contributed by atoms with E-state index in [0.717, 1.165) is 39.1 Å². The van der Waals surface area contributed by atoms with Gasteiger partial charge >= 0.3 is 0 Å². The van der Waals surface area contributed by atoms with Crippen LogP contribution < -0.4 is 5.56 Å². The zero-order valence-corrected chi connectivity index (χ0v) is 13.6. The molecular weight excluding hydrogens is 298 g/mol. The highest BCUT2D eigenvalue weighted by Gasteiger charge is 2.43. The summed E-state index contributed by atoms with van der Waals surface area (Å²) < 4.78 is 18.8. The third-order valence-electron chi connectivity index (χ3n) is 4.54. The van der Waals surface area contributed by atoms with Crippen LogP contribution in [0.25, 0.3) is 0 Å². The number of rotatable bonds is 5. The predicted molar refractivity (Wildman–Crippen MR) is 84.5 cm³/mol. The van der Waals surface area contributed by atoms with Crippen LogP contribution in [-0.2, 0) is 20.8 Å². The zero-order valence-electron chi connectivity index (χ0n) is 13.6. The Morgan fingerprint density at radius 3 is 3.26 bits per heavy atom. The van der Waals surface area contributed by atoms with Crippen LogP contribution in [0.2, 0.25) is 0 Å². The molecule has 0 unspecified atom stereocenters. The lowest BCUT2D eigenvalue weighted by molar-refractivity contribution is -0.0909. The molecule has 0 radical (unpaired) electrons. The lowest BCUT2D eigenvalue weighted by Gasteiger charge is -2.31. The summed E-state index contributed by atoms with van der Waals surface area (Å²) >= 11 is 0. The van der Waals surface area contributed by atoms with Crippen molar-refractivity contribution >= 4 is 0 Å². The van der Waals surface area contributed by atoms with E-state index in [1.54, 1.807) is 19.4 Å². The van der Waals surface area contributed by atoms with Crippen LogP contribution in [0.3, 0.4) is 0 Å². The Hall–Kier alpha value is -1.28. The highest BCUT2D eigenvalue weighted by Crippen LogP contribution is 2.33. The van der Waals surface area contributed by atoms with Gasteiger partial charge in [0.1, 0.15) is 5.60 Å². The van der Waals surface area contributed by atoms with Crippen molar-refractivity contribution in [3.05, 3.63) is 28.7 Å². The molecule has 0 saturated carbocycles. The van der Waals surface area contributed by atoms with Gasteiger partial charge in [-0.1, -0.05) is 0 Å². The van der Waals surface area contributed by atoms with Gasteiger partial charge in [0.2, 0.25) is 0 Å². The monoisotopic (exact) mass is 323 g/mol. The van der Waals surface area contributed by atoms with Crippen LogP contribution in [0.5, 0.6) is 0 Å². The first-order valence-corrected chi connectivity index (χ1v) is 8.20. The summed E-state index contributed by atoms with van der Waals surface area (Å²) in [5.74, 6) is 0. The highest BCUT2D eigenvalue weighted by molar-refractivity contribution is 4.94. The number of ether oxygens (including phenoxy) is 3. The zero-order chi connectivity index (χ0) is 16.1. The van der Waals surface area contributed by atoms with Gasteiger partial charge in [-0.05, 0) is 18.9 Å². The fourth-order valence-electron chi connectivity index (χ4n) is 3.36. The molecule has 0 aliphatic carbocycles. The highest BCUT2D eigenvalue weighted by atomic mass is 16.6. The molecule has 7 heteroatoms. The molecule has 0 N–H and O–H groups in total. The maximum absolute atomic E-state index is 11.8. The van der Waals surface area contributed by atoms with Crippen LogP contribution in [-0.4, -0.2) is 73.0 Å². The van der Waals surface area contributed by atoms with Crippen molar-refractivity contribution in [2.75, 3.05) is 46.6 Å². The molecule has 1 aromatic rings. The first kappa shape index (κ1) is 16.6. The number of nitrogens with zero attached hydrogens (tertiary/aromatic N) is 3. The SMILES string of the molecule is COCCN1CCOC[C@]2(CC[C@H](Cn3ncccc3=O)O2)C1. The first-order valence-electron chi connectivity index (χ1n) is 8.20. The van der Waals surface area contributed by atoms with E-state index in [0.29, 0.717) is 19.8 Å². The average Bonchev–Trinajstić information content (AvgIpc) is 2.82. The molecule has 2 atom stereocenters. The maximum Gasteiger partial charge on any atom is 0.266 e. The Bertz CT molecular complexity index is 564. The van der Waals surface area contributed by atoms with Crippen LogP contribution in [0, 0.1) is 0 Å². The van der Waals surface area contributed by atoms with Gasteiger partial charge in [0, 0.05) is 39.0 Å². The minimum atomic E-state index is -0.271. The van der Waals surface area contributed by atoms with Gasteiger partial charge in [-0.3, -0.25) is 9.69 Å². The summed E-state index contributed by atoms with van der Waals surface area (Å²) in [6.07, 6.45) is 3.51. The predicted octanol–water partition coefficient (Wildman–Crippen LogP) is 0.140. The molecule has 1 aromatic heterocycles. The van der Waals surface area contributed by atoms with Gasteiger partial charge in [-0.25, -0.2) is 4.68 Å². The summed E-state index contributed by atoms with van der Waals surface area (Å²) in [6.45, 7) is 5.18. The number of aromatic nitrogens is 2. The van der Waals surface area contributed by atoms with E-state index in [4.69, 9.17) is 14.2 Å². The normalized spacial score (nSPS) is 29.0. The van der Waals surface area contributed by atoms with Crippen LogP contribution >= 0.6 is 0 Å². The molecule has 2 aliphatic rings. The lowest BCUT2D eigenvalue weighted by atomic mass is 10.00. The van der Waals surface area contributed by atoms with Crippen molar-refractivity contribution < 1.29 is 14.2 Å². The molecule has 1 spiro atoms. The molecule has 23 heavy (non-hydrogen) atoms. The summed E-state index contributed by atoms with van der Waals surface area (Å²) in [6, 6.07) is 3.18. The van der Waals surface area contributed by atoms with Gasteiger partial charge in [0.25, 0.3) is 5.56 Å². The third kappa shape index (κ3) is 4.17. The first-order chi connectivity index (χ1) is 11.2. The van der Waals surface area contributed by atoms with E-state index in [9.17, 15) is 4.79 Å². The fraction of sp³-hybridized carbons (Fsp3) is 0.750. The lowest BCUT2D eigenvalue weighted by Crippen LogP contribution is -2.45. The molecule has 128 valence electrons. The molecule has 2 aliphatic heterocycles. The van der Waals surface area contributed by atoms with Crippen molar-refractivity contribution in [3.63, 3.8) is 0 Å². The van der Waals surface area contributed by atoms with Gasteiger partial charge in [0.05, 0.1) is 32.5 Å². The summed E-state index contributed by atoms with van der Waals surface area (Å²) in [5.41, 5.74) is -0.358. The second-order valence-electron chi connectivity index (χ2n) is 6.33.